The van der Waals surface area contributed by atoms with Crippen LogP contribution in [0.4, 0.5) is 5.69 Å². The zero-order valence-corrected chi connectivity index (χ0v) is 13.2. The molecule has 9 heteroatoms. The number of hydrogen-bond donors (Lipinski definition) is 1. The molecule has 2 aromatic carbocycles. The van der Waals surface area contributed by atoms with Crippen molar-refractivity contribution < 1.29 is 14.6 Å². The maximum absolute atomic E-state index is 12.6. The van der Waals surface area contributed by atoms with E-state index in [9.17, 15) is 25.0 Å². The van der Waals surface area contributed by atoms with Crippen LogP contribution in [0.15, 0.2) is 60.8 Å². The topological polar surface area (TPSA) is 132 Å². The number of H-pyrrole nitrogens is 1. The van der Waals surface area contributed by atoms with Crippen LogP contribution in [-0.4, -0.2) is 25.8 Å². The van der Waals surface area contributed by atoms with E-state index in [1.807, 2.05) is 0 Å². The number of nitrogens with one attached hydrogen (secondary N) is 1. The highest BCUT2D eigenvalue weighted by Gasteiger charge is 2.36. The predicted octanol–water partition coefficient (Wildman–Crippen LogP) is 3.19. The summed E-state index contributed by atoms with van der Waals surface area (Å²) in [6.07, 6.45) is 1.23. The first-order chi connectivity index (χ1) is 12.5. The predicted molar refractivity (Wildman–Crippen MR) is 91.2 cm³/mol. The number of carbonyl (C=O) groups excluding carboxylic acids is 1. The maximum Gasteiger partial charge on any atom is 0.303 e. The summed E-state index contributed by atoms with van der Waals surface area (Å²) in [5.41, 5.74) is 0.922. The van der Waals surface area contributed by atoms with Gasteiger partial charge in [-0.3, -0.25) is 30.1 Å². The third-order valence-electron chi connectivity index (χ3n) is 3.85. The fourth-order valence-corrected chi connectivity index (χ4v) is 2.59. The second kappa shape index (κ2) is 6.93. The molecule has 1 atom stereocenters. The molecule has 0 radical (unpaired) electrons. The summed E-state index contributed by atoms with van der Waals surface area (Å²) < 4.78 is 0. The van der Waals surface area contributed by atoms with Crippen molar-refractivity contribution >= 4 is 11.5 Å². The highest BCUT2D eigenvalue weighted by atomic mass is 16.6. The number of benzene rings is 2. The lowest BCUT2D eigenvalue weighted by atomic mass is 9.96. The second-order valence-corrected chi connectivity index (χ2v) is 5.42. The zero-order valence-electron chi connectivity index (χ0n) is 13.2. The zero-order chi connectivity index (χ0) is 18.7. The number of ketones is 1. The molecule has 3 rings (SSSR count). The molecule has 0 bridgehead atoms. The van der Waals surface area contributed by atoms with E-state index >= 15 is 0 Å². The molecule has 0 saturated heterocycles. The Morgan fingerprint density at radius 3 is 2.23 bits per heavy atom. The molecule has 0 aliphatic carbocycles. The standard InChI is InChI=1S/C17H12N4O5/c22-17(12-4-2-1-3-5-12)16(21(25)26)14-10-18-19-15(14)11-6-8-13(9-7-11)20(23)24/h1-10,16H,(H,18,19). The molecule has 0 saturated carbocycles. The summed E-state index contributed by atoms with van der Waals surface area (Å²) in [6, 6.07) is 11.8. The van der Waals surface area contributed by atoms with Gasteiger partial charge in [-0.15, -0.1) is 0 Å². The second-order valence-electron chi connectivity index (χ2n) is 5.42. The van der Waals surface area contributed by atoms with E-state index < -0.39 is 21.7 Å². The fourth-order valence-electron chi connectivity index (χ4n) is 2.59. The van der Waals surface area contributed by atoms with E-state index in [1.165, 1.54) is 42.6 Å². The van der Waals surface area contributed by atoms with E-state index in [0.717, 1.165) is 0 Å². The van der Waals surface area contributed by atoms with Gasteiger partial charge in [0.05, 0.1) is 22.4 Å². The monoisotopic (exact) mass is 352 g/mol. The Morgan fingerprint density at radius 1 is 1.00 bits per heavy atom. The minimum Gasteiger partial charge on any atom is -0.286 e. The first-order valence-corrected chi connectivity index (χ1v) is 7.50. The molecule has 1 aromatic heterocycles. The van der Waals surface area contributed by atoms with Crippen molar-refractivity contribution in [2.24, 2.45) is 0 Å². The smallest absolute Gasteiger partial charge is 0.286 e. The average molecular weight is 352 g/mol. The lowest BCUT2D eigenvalue weighted by Gasteiger charge is -2.09. The van der Waals surface area contributed by atoms with Crippen LogP contribution < -0.4 is 0 Å². The van der Waals surface area contributed by atoms with Crippen molar-refractivity contribution in [3.8, 4) is 11.3 Å². The van der Waals surface area contributed by atoms with Crippen molar-refractivity contribution in [1.82, 2.24) is 10.2 Å². The van der Waals surface area contributed by atoms with E-state index in [1.54, 1.807) is 18.2 Å². The van der Waals surface area contributed by atoms with Gasteiger partial charge < -0.3 is 0 Å². The van der Waals surface area contributed by atoms with Crippen LogP contribution >= 0.6 is 0 Å². The molecule has 130 valence electrons. The molecular weight excluding hydrogens is 340 g/mol. The number of aromatic nitrogens is 2. The molecule has 0 aliphatic rings. The van der Waals surface area contributed by atoms with Crippen LogP contribution in [0, 0.1) is 20.2 Å². The quantitative estimate of drug-likeness (QED) is 0.411. The molecule has 0 aliphatic heterocycles. The van der Waals surface area contributed by atoms with Crippen molar-refractivity contribution in [2.75, 3.05) is 0 Å². The first-order valence-electron chi connectivity index (χ1n) is 7.50. The van der Waals surface area contributed by atoms with Gasteiger partial charge in [0.25, 0.3) is 5.69 Å². The minimum atomic E-state index is -1.64. The third-order valence-corrected chi connectivity index (χ3v) is 3.85. The number of Topliss-reactive ketones (excluding diaryl/α,β-unsaturated/α-hetero) is 1. The molecule has 26 heavy (non-hydrogen) atoms. The molecule has 0 amide bonds. The number of nitrogens with zero attached hydrogens (tertiary/aromatic N) is 3. The Morgan fingerprint density at radius 2 is 1.65 bits per heavy atom. The normalized spacial score (nSPS) is 11.7. The van der Waals surface area contributed by atoms with Crippen molar-refractivity contribution in [3.63, 3.8) is 0 Å². The van der Waals surface area contributed by atoms with Crippen molar-refractivity contribution in [3.05, 3.63) is 92.1 Å². The lowest BCUT2D eigenvalue weighted by Crippen LogP contribution is -2.21. The number of aromatic amines is 1. The maximum atomic E-state index is 12.6. The fraction of sp³-hybridized carbons (Fsp3) is 0.0588. The number of hydrogen-bond acceptors (Lipinski definition) is 6. The van der Waals surface area contributed by atoms with Gasteiger partial charge in [0, 0.05) is 28.2 Å². The Hall–Kier alpha value is -3.88. The number of carbonyl (C=O) groups is 1. The van der Waals surface area contributed by atoms with Crippen molar-refractivity contribution in [1.29, 1.82) is 0 Å². The van der Waals surface area contributed by atoms with Gasteiger partial charge >= 0.3 is 6.04 Å². The molecule has 1 unspecified atom stereocenters. The minimum absolute atomic E-state index is 0.0951. The number of nitro benzene ring substituents is 1. The molecule has 9 nitrogen and oxygen atoms in total. The van der Waals surface area contributed by atoms with Gasteiger partial charge in [-0.1, -0.05) is 30.3 Å². The van der Waals surface area contributed by atoms with Crippen molar-refractivity contribution in [2.45, 2.75) is 6.04 Å². The summed E-state index contributed by atoms with van der Waals surface area (Å²) >= 11 is 0. The van der Waals surface area contributed by atoms with Crippen LogP contribution in [0.5, 0.6) is 0 Å². The van der Waals surface area contributed by atoms with Crippen LogP contribution in [0.1, 0.15) is 22.0 Å². The summed E-state index contributed by atoms with van der Waals surface area (Å²) in [5, 5.41) is 28.8. The van der Waals surface area contributed by atoms with Gasteiger partial charge in [-0.2, -0.15) is 5.10 Å². The van der Waals surface area contributed by atoms with Gasteiger partial charge in [0.2, 0.25) is 5.78 Å². The number of non-ortho nitro benzene ring substituents is 1. The Balaban J connectivity index is 2.03. The first kappa shape index (κ1) is 17.0. The summed E-state index contributed by atoms with van der Waals surface area (Å²) in [7, 11) is 0. The third kappa shape index (κ3) is 3.18. The summed E-state index contributed by atoms with van der Waals surface area (Å²) in [6.45, 7) is 0. The van der Waals surface area contributed by atoms with E-state index in [2.05, 4.69) is 10.2 Å². The molecule has 1 heterocycles. The highest BCUT2D eigenvalue weighted by Crippen LogP contribution is 2.31. The van der Waals surface area contributed by atoms with E-state index in [0.29, 0.717) is 5.56 Å². The van der Waals surface area contributed by atoms with Gasteiger partial charge in [0.15, 0.2) is 0 Å². The SMILES string of the molecule is O=C(c1ccccc1)C(c1cn[nH]c1-c1ccc([N+](=O)[O-])cc1)[N+](=O)[O-]. The summed E-state index contributed by atoms with van der Waals surface area (Å²) in [4.78, 5) is 33.8. The van der Waals surface area contributed by atoms with Gasteiger partial charge in [0.1, 0.15) is 0 Å². The van der Waals surface area contributed by atoms with Crippen LogP contribution in [0.25, 0.3) is 11.3 Å². The molecule has 3 aromatic rings. The Labute approximate surface area is 146 Å². The Kier molecular flexibility index (Phi) is 4.52. The van der Waals surface area contributed by atoms with E-state index in [-0.39, 0.29) is 22.5 Å². The van der Waals surface area contributed by atoms with Crippen LogP contribution in [0.3, 0.4) is 0 Å². The Bertz CT molecular complexity index is 966. The number of rotatable bonds is 6. The largest absolute Gasteiger partial charge is 0.303 e. The molecule has 1 N–H and O–H groups in total. The molecule has 0 fully saturated rings. The average Bonchev–Trinajstić information content (AvgIpc) is 3.11. The molecule has 0 spiro atoms. The highest BCUT2D eigenvalue weighted by molar-refractivity contribution is 6.00. The van der Waals surface area contributed by atoms with Crippen LogP contribution in [-0.2, 0) is 0 Å². The van der Waals surface area contributed by atoms with Gasteiger partial charge in [-0.25, -0.2) is 0 Å². The summed E-state index contributed by atoms with van der Waals surface area (Å²) in [5.74, 6) is -0.667. The molecular formula is C17H12N4O5. The van der Waals surface area contributed by atoms with Crippen LogP contribution in [0.2, 0.25) is 0 Å². The van der Waals surface area contributed by atoms with Gasteiger partial charge in [-0.05, 0) is 12.1 Å². The lowest BCUT2D eigenvalue weighted by molar-refractivity contribution is -0.510. The van der Waals surface area contributed by atoms with E-state index in [4.69, 9.17) is 0 Å². The number of nitro groups is 2.